The second-order valence-electron chi connectivity index (χ2n) is 8.35. The number of aromatic hydroxyl groups is 2. The predicted octanol–water partition coefficient (Wildman–Crippen LogP) is 3.40. The Morgan fingerprint density at radius 3 is 2.00 bits per heavy atom. The zero-order valence-corrected chi connectivity index (χ0v) is 18.8. The van der Waals surface area contributed by atoms with E-state index in [0.717, 1.165) is 13.1 Å². The van der Waals surface area contributed by atoms with Crippen LogP contribution in [-0.2, 0) is 0 Å². The maximum absolute atomic E-state index is 12.9. The second kappa shape index (κ2) is 8.99. The van der Waals surface area contributed by atoms with Crippen molar-refractivity contribution in [3.8, 4) is 40.0 Å². The standard InChI is InChI=1S/C26H25N5O3/c1-29-14-16-30(17-15-29)26(34)18-10-12-19(13-11-18)31-25(21-7-3-5-9-23(21)33)27-24(28-31)20-6-2-4-8-22(20)32/h2-13,32-33H,14-17H2,1H3. The largest absolute Gasteiger partial charge is 0.507 e. The maximum atomic E-state index is 12.9. The Balaban J connectivity index is 1.53. The van der Waals surface area contributed by atoms with E-state index in [1.54, 1.807) is 59.3 Å². The number of hydrogen-bond donors (Lipinski definition) is 2. The summed E-state index contributed by atoms with van der Waals surface area (Å²) in [4.78, 5) is 21.6. The molecule has 1 amide bonds. The van der Waals surface area contributed by atoms with E-state index in [1.165, 1.54) is 0 Å². The molecule has 3 aromatic carbocycles. The van der Waals surface area contributed by atoms with Gasteiger partial charge in [-0.1, -0.05) is 24.3 Å². The Bertz CT molecular complexity index is 1320. The number of para-hydroxylation sites is 2. The molecule has 0 aliphatic carbocycles. The Morgan fingerprint density at radius 1 is 0.794 bits per heavy atom. The molecule has 172 valence electrons. The molecular weight excluding hydrogens is 430 g/mol. The average molecular weight is 456 g/mol. The third-order valence-electron chi connectivity index (χ3n) is 6.05. The van der Waals surface area contributed by atoms with E-state index in [9.17, 15) is 15.0 Å². The van der Waals surface area contributed by atoms with Crippen molar-refractivity contribution in [2.75, 3.05) is 33.2 Å². The predicted molar refractivity (Wildman–Crippen MR) is 129 cm³/mol. The van der Waals surface area contributed by atoms with Crippen LogP contribution in [0.4, 0.5) is 0 Å². The molecule has 5 rings (SSSR count). The minimum Gasteiger partial charge on any atom is -0.507 e. The first-order valence-electron chi connectivity index (χ1n) is 11.1. The number of amides is 1. The fourth-order valence-corrected chi connectivity index (χ4v) is 4.04. The molecule has 0 radical (unpaired) electrons. The smallest absolute Gasteiger partial charge is 0.253 e. The lowest BCUT2D eigenvalue weighted by molar-refractivity contribution is 0.0664. The quantitative estimate of drug-likeness (QED) is 0.490. The molecule has 0 spiro atoms. The highest BCUT2D eigenvalue weighted by molar-refractivity contribution is 5.94. The lowest BCUT2D eigenvalue weighted by Crippen LogP contribution is -2.47. The average Bonchev–Trinajstić information content (AvgIpc) is 3.30. The number of hydrogen-bond acceptors (Lipinski definition) is 6. The monoisotopic (exact) mass is 455 g/mol. The van der Waals surface area contributed by atoms with Gasteiger partial charge in [-0.05, 0) is 55.6 Å². The summed E-state index contributed by atoms with van der Waals surface area (Å²) in [6, 6.07) is 20.9. The van der Waals surface area contributed by atoms with Crippen LogP contribution < -0.4 is 0 Å². The molecule has 4 aromatic rings. The summed E-state index contributed by atoms with van der Waals surface area (Å²) in [5.74, 6) is 0.899. The molecule has 0 bridgehead atoms. The molecule has 1 aromatic heterocycles. The van der Waals surface area contributed by atoms with Crippen LogP contribution >= 0.6 is 0 Å². The van der Waals surface area contributed by atoms with Crippen LogP contribution in [0.15, 0.2) is 72.8 Å². The Morgan fingerprint density at radius 2 is 1.38 bits per heavy atom. The van der Waals surface area contributed by atoms with Crippen LogP contribution in [0.25, 0.3) is 28.5 Å². The number of piperazine rings is 1. The van der Waals surface area contributed by atoms with Gasteiger partial charge < -0.3 is 20.0 Å². The van der Waals surface area contributed by atoms with Crippen molar-refractivity contribution in [1.29, 1.82) is 0 Å². The van der Waals surface area contributed by atoms with E-state index < -0.39 is 0 Å². The van der Waals surface area contributed by atoms with E-state index in [2.05, 4.69) is 22.0 Å². The zero-order valence-electron chi connectivity index (χ0n) is 18.8. The van der Waals surface area contributed by atoms with Crippen LogP contribution in [0.1, 0.15) is 10.4 Å². The van der Waals surface area contributed by atoms with Gasteiger partial charge in [-0.25, -0.2) is 9.67 Å². The summed E-state index contributed by atoms with van der Waals surface area (Å²) >= 11 is 0. The number of carbonyl (C=O) groups is 1. The molecule has 2 N–H and O–H groups in total. The van der Waals surface area contributed by atoms with E-state index in [1.807, 2.05) is 23.1 Å². The molecule has 8 nitrogen and oxygen atoms in total. The fourth-order valence-electron chi connectivity index (χ4n) is 4.04. The van der Waals surface area contributed by atoms with Gasteiger partial charge in [0.05, 0.1) is 16.8 Å². The van der Waals surface area contributed by atoms with Gasteiger partial charge in [0.25, 0.3) is 5.91 Å². The summed E-state index contributed by atoms with van der Waals surface area (Å²) in [7, 11) is 2.06. The SMILES string of the molecule is CN1CCN(C(=O)c2ccc(-n3nc(-c4ccccc4O)nc3-c3ccccc3O)cc2)CC1. The topological polar surface area (TPSA) is 94.7 Å². The molecule has 1 saturated heterocycles. The van der Waals surface area contributed by atoms with Crippen molar-refractivity contribution in [2.45, 2.75) is 0 Å². The van der Waals surface area contributed by atoms with Gasteiger partial charge >= 0.3 is 0 Å². The summed E-state index contributed by atoms with van der Waals surface area (Å²) in [6.07, 6.45) is 0. The molecule has 1 aliphatic heterocycles. The molecule has 1 aliphatic rings. The summed E-state index contributed by atoms with van der Waals surface area (Å²) < 4.78 is 1.61. The van der Waals surface area contributed by atoms with Crippen molar-refractivity contribution in [1.82, 2.24) is 24.6 Å². The Labute approximate surface area is 197 Å². The van der Waals surface area contributed by atoms with Crippen LogP contribution in [0, 0.1) is 0 Å². The lowest BCUT2D eigenvalue weighted by atomic mass is 10.1. The first-order chi connectivity index (χ1) is 16.5. The van der Waals surface area contributed by atoms with Gasteiger partial charge in [-0.3, -0.25) is 4.79 Å². The summed E-state index contributed by atoms with van der Waals surface area (Å²) in [5.41, 5.74) is 2.29. The van der Waals surface area contributed by atoms with Crippen molar-refractivity contribution in [3.63, 3.8) is 0 Å². The molecule has 8 heteroatoms. The van der Waals surface area contributed by atoms with Gasteiger partial charge in [0.1, 0.15) is 11.5 Å². The number of rotatable bonds is 4. The highest BCUT2D eigenvalue weighted by Gasteiger charge is 2.22. The highest BCUT2D eigenvalue weighted by Crippen LogP contribution is 2.33. The van der Waals surface area contributed by atoms with Crippen molar-refractivity contribution < 1.29 is 15.0 Å². The number of phenolic OH excluding ortho intramolecular Hbond substituents is 2. The molecule has 34 heavy (non-hydrogen) atoms. The van der Waals surface area contributed by atoms with Crippen LogP contribution in [0.2, 0.25) is 0 Å². The van der Waals surface area contributed by atoms with Crippen molar-refractivity contribution in [3.05, 3.63) is 78.4 Å². The second-order valence-corrected chi connectivity index (χ2v) is 8.35. The normalized spacial score (nSPS) is 14.3. The number of carbonyl (C=O) groups excluding carboxylic acids is 1. The fraction of sp³-hybridized carbons (Fsp3) is 0.192. The minimum absolute atomic E-state index is 0.00839. The molecule has 0 saturated carbocycles. The van der Waals surface area contributed by atoms with Crippen molar-refractivity contribution in [2.24, 2.45) is 0 Å². The molecule has 0 unspecified atom stereocenters. The van der Waals surface area contributed by atoms with Gasteiger partial charge in [0.15, 0.2) is 11.6 Å². The van der Waals surface area contributed by atoms with Crippen LogP contribution in [-0.4, -0.2) is 73.9 Å². The van der Waals surface area contributed by atoms with E-state index in [-0.39, 0.29) is 17.4 Å². The van der Waals surface area contributed by atoms with Crippen molar-refractivity contribution >= 4 is 5.91 Å². The van der Waals surface area contributed by atoms with Gasteiger partial charge in [-0.15, -0.1) is 5.10 Å². The maximum Gasteiger partial charge on any atom is 0.253 e. The number of likely N-dealkylation sites (N-methyl/N-ethyl adjacent to an activating group) is 1. The van der Waals surface area contributed by atoms with Crippen LogP contribution in [0.5, 0.6) is 11.5 Å². The first kappa shape index (κ1) is 21.7. The highest BCUT2D eigenvalue weighted by atomic mass is 16.3. The Kier molecular flexibility index (Phi) is 5.73. The van der Waals surface area contributed by atoms with E-state index >= 15 is 0 Å². The number of benzene rings is 3. The third-order valence-corrected chi connectivity index (χ3v) is 6.05. The number of aromatic nitrogens is 3. The molecular formula is C26H25N5O3. The summed E-state index contributed by atoms with van der Waals surface area (Å²) in [5, 5.41) is 25.4. The third kappa shape index (κ3) is 4.11. The number of nitrogens with zero attached hydrogens (tertiary/aromatic N) is 5. The molecule has 0 atom stereocenters. The summed E-state index contributed by atoms with van der Waals surface area (Å²) in [6.45, 7) is 3.15. The minimum atomic E-state index is 0.00839. The van der Waals surface area contributed by atoms with E-state index in [0.29, 0.717) is 47.1 Å². The lowest BCUT2D eigenvalue weighted by Gasteiger charge is -2.32. The molecule has 1 fully saturated rings. The van der Waals surface area contributed by atoms with Gasteiger partial charge in [0, 0.05) is 31.7 Å². The number of phenols is 2. The van der Waals surface area contributed by atoms with Gasteiger partial charge in [-0.2, -0.15) is 0 Å². The van der Waals surface area contributed by atoms with Gasteiger partial charge in [0.2, 0.25) is 0 Å². The zero-order chi connectivity index (χ0) is 23.7. The first-order valence-corrected chi connectivity index (χ1v) is 11.1. The van der Waals surface area contributed by atoms with Crippen LogP contribution in [0.3, 0.4) is 0 Å². The Hall–Kier alpha value is -4.17. The molecule has 2 heterocycles. The van der Waals surface area contributed by atoms with E-state index in [4.69, 9.17) is 0 Å².